The maximum absolute atomic E-state index is 13.2. The summed E-state index contributed by atoms with van der Waals surface area (Å²) in [4.78, 5) is 35.5. The minimum Gasteiger partial charge on any atom is -0.467 e. The van der Waals surface area contributed by atoms with Crippen molar-refractivity contribution in [1.29, 1.82) is 0 Å². The Morgan fingerprint density at radius 3 is 2.37 bits per heavy atom. The highest BCUT2D eigenvalue weighted by Gasteiger charge is 2.46. The van der Waals surface area contributed by atoms with Crippen LogP contribution in [0.25, 0.3) is 28.0 Å². The lowest BCUT2D eigenvalue weighted by molar-refractivity contribution is 0.0556. The first kappa shape index (κ1) is 26.9. The van der Waals surface area contributed by atoms with Gasteiger partial charge in [0, 0.05) is 59.5 Å². The Hall–Kier alpha value is -4.99. The molecular formula is C27H27N11O4S. The van der Waals surface area contributed by atoms with E-state index in [0.717, 1.165) is 30.2 Å². The Morgan fingerprint density at radius 1 is 1.05 bits per heavy atom. The molecule has 7 rings (SSSR count). The number of anilines is 1. The Morgan fingerprint density at radius 2 is 1.77 bits per heavy atom. The molecule has 0 aliphatic carbocycles. The summed E-state index contributed by atoms with van der Waals surface area (Å²) >= 11 is 0. The molecule has 0 unspecified atom stereocenters. The molecule has 15 nitrogen and oxygen atoms in total. The van der Waals surface area contributed by atoms with Gasteiger partial charge in [0.25, 0.3) is 5.91 Å². The third kappa shape index (κ3) is 4.54. The van der Waals surface area contributed by atoms with Gasteiger partial charge in [0.15, 0.2) is 15.5 Å². The van der Waals surface area contributed by atoms with Crippen LogP contribution in [-0.4, -0.2) is 89.4 Å². The molecular weight excluding hydrogens is 574 g/mol. The molecule has 5 aromatic rings. The number of nitrogens with two attached hydrogens (primary N) is 1. The molecule has 2 saturated heterocycles. The third-order valence-corrected chi connectivity index (χ3v) is 9.35. The molecule has 0 saturated carbocycles. The Labute approximate surface area is 245 Å². The summed E-state index contributed by atoms with van der Waals surface area (Å²) in [5.74, 6) is -0.239. The van der Waals surface area contributed by atoms with Gasteiger partial charge in [-0.3, -0.25) is 9.78 Å². The number of H-pyrrole nitrogens is 1. The topological polar surface area (TPSA) is 200 Å². The summed E-state index contributed by atoms with van der Waals surface area (Å²) in [5, 5.41) is 12.0. The predicted molar refractivity (Wildman–Crippen MR) is 153 cm³/mol. The number of amides is 1. The molecule has 2 aliphatic rings. The van der Waals surface area contributed by atoms with E-state index in [0.29, 0.717) is 35.4 Å². The number of methoxy groups -OCH3 is 1. The molecule has 7 heterocycles. The second-order valence-corrected chi connectivity index (χ2v) is 12.7. The molecule has 0 aromatic carbocycles. The van der Waals surface area contributed by atoms with Gasteiger partial charge >= 0.3 is 6.01 Å². The second-order valence-electron chi connectivity index (χ2n) is 10.8. The van der Waals surface area contributed by atoms with Crippen molar-refractivity contribution in [3.63, 3.8) is 0 Å². The van der Waals surface area contributed by atoms with E-state index < -0.39 is 9.84 Å². The van der Waals surface area contributed by atoms with E-state index in [2.05, 4.69) is 35.2 Å². The number of aromatic nitrogens is 9. The molecule has 2 bridgehead atoms. The van der Waals surface area contributed by atoms with Gasteiger partial charge in [-0.25, -0.2) is 23.4 Å². The number of pyridine rings is 1. The second kappa shape index (κ2) is 10.1. The third-order valence-electron chi connectivity index (χ3n) is 8.19. The molecule has 3 atom stereocenters. The number of fused-ring (bicyclic) bond motifs is 3. The fraction of sp³-hybridized carbons (Fsp3) is 0.333. The van der Waals surface area contributed by atoms with Crippen LogP contribution in [0.2, 0.25) is 0 Å². The molecule has 5 aromatic heterocycles. The Balaban J connectivity index is 1.26. The van der Waals surface area contributed by atoms with E-state index in [1.165, 1.54) is 18.0 Å². The van der Waals surface area contributed by atoms with E-state index in [4.69, 9.17) is 15.5 Å². The zero-order valence-electron chi connectivity index (χ0n) is 23.2. The maximum Gasteiger partial charge on any atom is 0.316 e. The Kier molecular flexibility index (Phi) is 6.30. The number of aromatic amines is 1. The smallest absolute Gasteiger partial charge is 0.316 e. The molecule has 2 fully saturated rings. The van der Waals surface area contributed by atoms with Crippen molar-refractivity contribution in [3.8, 4) is 28.4 Å². The van der Waals surface area contributed by atoms with Gasteiger partial charge in [-0.1, -0.05) is 6.07 Å². The SMILES string of the molecule is COc1ncc(-c2ccc(-c3cnn4c(N)c(S(C)(=O)=O)c([C@H]5C[C@H]6CC[C@@H](C5)N6C(=O)c5nnc[nH]5)nc34)cn2)cn1. The Bertz CT molecular complexity index is 1930. The van der Waals surface area contributed by atoms with Gasteiger partial charge in [-0.05, 0) is 31.7 Å². The van der Waals surface area contributed by atoms with E-state index in [-0.39, 0.29) is 46.5 Å². The van der Waals surface area contributed by atoms with Gasteiger partial charge in [0.1, 0.15) is 17.0 Å². The van der Waals surface area contributed by atoms with Crippen molar-refractivity contribution in [2.45, 2.75) is 48.6 Å². The van der Waals surface area contributed by atoms with Gasteiger partial charge in [-0.15, -0.1) is 10.2 Å². The van der Waals surface area contributed by atoms with E-state index in [1.54, 1.807) is 24.8 Å². The quantitative estimate of drug-likeness (QED) is 0.287. The van der Waals surface area contributed by atoms with Crippen LogP contribution in [0.15, 0.2) is 48.1 Å². The average Bonchev–Trinajstić information content (AvgIpc) is 3.75. The van der Waals surface area contributed by atoms with Crippen LogP contribution in [0.5, 0.6) is 6.01 Å². The zero-order chi connectivity index (χ0) is 29.9. The van der Waals surface area contributed by atoms with Crippen LogP contribution in [0.1, 0.15) is 47.9 Å². The molecule has 16 heteroatoms. The number of carbonyl (C=O) groups is 1. The minimum absolute atomic E-state index is 0.00113. The fourth-order valence-electron chi connectivity index (χ4n) is 6.32. The lowest BCUT2D eigenvalue weighted by Crippen LogP contribution is -2.46. The number of nitrogen functional groups attached to an aromatic ring is 1. The normalized spacial score (nSPS) is 20.0. The molecule has 0 spiro atoms. The number of nitrogens with zero attached hydrogens (tertiary/aromatic N) is 9. The van der Waals surface area contributed by atoms with Crippen molar-refractivity contribution in [1.82, 2.24) is 49.6 Å². The van der Waals surface area contributed by atoms with Crippen molar-refractivity contribution < 1.29 is 17.9 Å². The van der Waals surface area contributed by atoms with Crippen LogP contribution < -0.4 is 10.5 Å². The highest BCUT2D eigenvalue weighted by Crippen LogP contribution is 2.45. The van der Waals surface area contributed by atoms with Gasteiger partial charge in [-0.2, -0.15) is 9.61 Å². The summed E-state index contributed by atoms with van der Waals surface area (Å²) in [6, 6.07) is 3.80. The number of rotatable bonds is 6. The van der Waals surface area contributed by atoms with Crippen LogP contribution in [0, 0.1) is 0 Å². The summed E-state index contributed by atoms with van der Waals surface area (Å²) in [6.07, 6.45) is 11.8. The molecule has 0 radical (unpaired) electrons. The van der Waals surface area contributed by atoms with Crippen LogP contribution in [0.4, 0.5) is 5.82 Å². The highest BCUT2D eigenvalue weighted by atomic mass is 32.2. The zero-order valence-corrected chi connectivity index (χ0v) is 24.1. The van der Waals surface area contributed by atoms with Crippen molar-refractivity contribution in [3.05, 3.63) is 54.8 Å². The van der Waals surface area contributed by atoms with Crippen molar-refractivity contribution in [2.75, 3.05) is 19.1 Å². The summed E-state index contributed by atoms with van der Waals surface area (Å²) < 4.78 is 32.5. The number of nitrogens with one attached hydrogen (secondary N) is 1. The molecule has 2 aliphatic heterocycles. The largest absolute Gasteiger partial charge is 0.467 e. The van der Waals surface area contributed by atoms with Gasteiger partial charge in [0.05, 0.1) is 24.7 Å². The lowest BCUT2D eigenvalue weighted by Gasteiger charge is -2.38. The van der Waals surface area contributed by atoms with Crippen LogP contribution in [-0.2, 0) is 9.84 Å². The lowest BCUT2D eigenvalue weighted by atomic mass is 9.87. The van der Waals surface area contributed by atoms with Gasteiger partial charge < -0.3 is 20.4 Å². The monoisotopic (exact) mass is 601 g/mol. The first-order chi connectivity index (χ1) is 20.7. The number of sulfone groups is 1. The van der Waals surface area contributed by atoms with Crippen molar-refractivity contribution in [2.24, 2.45) is 0 Å². The summed E-state index contributed by atoms with van der Waals surface area (Å²) in [7, 11) is -2.27. The van der Waals surface area contributed by atoms with Crippen molar-refractivity contribution >= 4 is 27.2 Å². The number of hydrogen-bond donors (Lipinski definition) is 2. The maximum atomic E-state index is 13.2. The average molecular weight is 602 g/mol. The van der Waals surface area contributed by atoms with E-state index in [9.17, 15) is 13.2 Å². The van der Waals surface area contributed by atoms with E-state index in [1.807, 2.05) is 17.0 Å². The van der Waals surface area contributed by atoms with Crippen LogP contribution in [0.3, 0.4) is 0 Å². The standard InChI is InChI=1S/C27H27N11O4S/c1-42-27-30-10-16(11-31-27)20-6-3-14(9-29-20)19-12-34-38-23(28)22(43(2,40)41)21(35-25(19)38)15-7-17-4-5-18(8-15)37(17)26(39)24-32-13-33-36-24/h3,6,9-13,15,17-18H,4-5,7-8,28H2,1-2H3,(H,32,33,36)/t15-,17+,18-. The number of carbonyl (C=O) groups excluding carboxylic acids is 1. The fourth-order valence-corrected chi connectivity index (χ4v) is 7.38. The molecule has 1 amide bonds. The first-order valence-corrected chi connectivity index (χ1v) is 15.5. The molecule has 220 valence electrons. The van der Waals surface area contributed by atoms with E-state index >= 15 is 0 Å². The van der Waals surface area contributed by atoms with Gasteiger partial charge in [0.2, 0.25) is 5.82 Å². The molecule has 3 N–H and O–H groups in total. The highest BCUT2D eigenvalue weighted by molar-refractivity contribution is 7.91. The number of ether oxygens (including phenoxy) is 1. The number of hydrogen-bond acceptors (Lipinski definition) is 12. The first-order valence-electron chi connectivity index (χ1n) is 13.6. The minimum atomic E-state index is -3.77. The summed E-state index contributed by atoms with van der Waals surface area (Å²) in [6.45, 7) is 0. The summed E-state index contributed by atoms with van der Waals surface area (Å²) in [5.41, 5.74) is 10.1. The van der Waals surface area contributed by atoms with Crippen LogP contribution >= 0.6 is 0 Å². The number of piperidine rings is 1. The predicted octanol–water partition coefficient (Wildman–Crippen LogP) is 1.91. The molecule has 43 heavy (non-hydrogen) atoms.